The van der Waals surface area contributed by atoms with Gasteiger partial charge in [-0.1, -0.05) is 12.8 Å². The smallest absolute Gasteiger partial charge is 0.280 e. The Hall–Kier alpha value is -0.570. The van der Waals surface area contributed by atoms with E-state index in [1.807, 2.05) is 5.01 Å². The van der Waals surface area contributed by atoms with Gasteiger partial charge in [-0.2, -0.15) is 0 Å². The molecule has 0 aromatic carbocycles. The number of hydrogen-bond acceptors (Lipinski definition) is 2. The molecule has 0 unspecified atom stereocenters. The molecule has 1 radical (unpaired) electrons. The van der Waals surface area contributed by atoms with Crippen LogP contribution in [0.15, 0.2) is 0 Å². The summed E-state index contributed by atoms with van der Waals surface area (Å²) in [5, 5.41) is 1.93. The summed E-state index contributed by atoms with van der Waals surface area (Å²) < 4.78 is 0. The second-order valence-electron chi connectivity index (χ2n) is 2.62. The summed E-state index contributed by atoms with van der Waals surface area (Å²) in [4.78, 5) is 9.91. The summed E-state index contributed by atoms with van der Waals surface area (Å²) in [7, 11) is 0. The highest BCUT2D eigenvalue weighted by Gasteiger charge is 2.06. The fourth-order valence-electron chi connectivity index (χ4n) is 1.25. The molecule has 1 aliphatic heterocycles. The highest BCUT2D eigenvalue weighted by Crippen LogP contribution is 2.06. The topological polar surface area (TPSA) is 32.3 Å². The molecule has 1 aliphatic rings. The Morgan fingerprint density at radius 2 is 1.70 bits per heavy atom. The minimum absolute atomic E-state index is 0.981. The van der Waals surface area contributed by atoms with Crippen LogP contribution in [0.4, 0.5) is 0 Å². The molecule has 1 heterocycles. The molecule has 1 rings (SSSR count). The summed E-state index contributed by atoms with van der Waals surface area (Å²) in [6.45, 7) is 1.96. The van der Waals surface area contributed by atoms with E-state index in [1.54, 1.807) is 6.41 Å². The van der Waals surface area contributed by atoms with Crippen molar-refractivity contribution in [2.75, 3.05) is 13.1 Å². The number of hydrogen-bond donors (Lipinski definition) is 1. The Bertz CT molecular complexity index is 97.8. The Labute approximate surface area is 61.4 Å². The number of nitrogens with zero attached hydrogens (tertiary/aromatic N) is 1. The molecule has 3 nitrogen and oxygen atoms in total. The lowest BCUT2D eigenvalue weighted by Gasteiger charge is -2.16. The van der Waals surface area contributed by atoms with Crippen LogP contribution in [0.1, 0.15) is 25.7 Å². The van der Waals surface area contributed by atoms with Gasteiger partial charge in [-0.25, -0.2) is 5.01 Å². The molecule has 1 saturated heterocycles. The van der Waals surface area contributed by atoms with Crippen LogP contribution in [-0.2, 0) is 4.79 Å². The molecule has 1 N–H and O–H groups in total. The third kappa shape index (κ3) is 2.35. The molecular weight excluding hydrogens is 128 g/mol. The van der Waals surface area contributed by atoms with E-state index in [2.05, 4.69) is 5.43 Å². The first kappa shape index (κ1) is 7.54. The lowest BCUT2D eigenvalue weighted by atomic mass is 10.2. The first-order valence-corrected chi connectivity index (χ1v) is 3.81. The van der Waals surface area contributed by atoms with Crippen LogP contribution in [0.25, 0.3) is 0 Å². The van der Waals surface area contributed by atoms with Crippen LogP contribution in [0.5, 0.6) is 0 Å². The molecule has 0 aromatic heterocycles. The largest absolute Gasteiger partial charge is 0.324 e. The van der Waals surface area contributed by atoms with Crippen LogP contribution in [0.3, 0.4) is 0 Å². The fraction of sp³-hybridized carbons (Fsp3) is 0.857. The molecule has 0 spiro atoms. The van der Waals surface area contributed by atoms with Gasteiger partial charge >= 0.3 is 6.41 Å². The van der Waals surface area contributed by atoms with Gasteiger partial charge in [-0.15, -0.1) is 0 Å². The second kappa shape index (κ2) is 4.28. The van der Waals surface area contributed by atoms with Crippen LogP contribution in [-0.4, -0.2) is 24.5 Å². The van der Waals surface area contributed by atoms with E-state index >= 15 is 0 Å². The molecule has 0 aromatic rings. The van der Waals surface area contributed by atoms with E-state index < -0.39 is 0 Å². The number of amides is 1. The van der Waals surface area contributed by atoms with Crippen molar-refractivity contribution in [3.63, 3.8) is 0 Å². The van der Waals surface area contributed by atoms with Crippen molar-refractivity contribution in [3.05, 3.63) is 0 Å². The number of nitrogens with one attached hydrogen (secondary N) is 1. The van der Waals surface area contributed by atoms with Gasteiger partial charge in [-0.05, 0) is 12.8 Å². The van der Waals surface area contributed by atoms with E-state index in [-0.39, 0.29) is 0 Å². The zero-order chi connectivity index (χ0) is 7.23. The second-order valence-corrected chi connectivity index (χ2v) is 2.62. The number of rotatable bonds is 2. The van der Waals surface area contributed by atoms with Gasteiger partial charge in [0.05, 0.1) is 0 Å². The predicted molar refractivity (Wildman–Crippen MR) is 38.9 cm³/mol. The van der Waals surface area contributed by atoms with Gasteiger partial charge in [-0.3, -0.25) is 10.2 Å². The lowest BCUT2D eigenvalue weighted by Crippen LogP contribution is -2.37. The minimum atomic E-state index is 0.981. The van der Waals surface area contributed by atoms with Gasteiger partial charge < -0.3 is 0 Å². The van der Waals surface area contributed by atoms with Crippen LogP contribution >= 0.6 is 0 Å². The molecule has 0 bridgehead atoms. The first-order chi connectivity index (χ1) is 4.93. The van der Waals surface area contributed by atoms with E-state index in [0.29, 0.717) is 0 Å². The third-order valence-electron chi connectivity index (χ3n) is 1.81. The average Bonchev–Trinajstić information content (AvgIpc) is 2.17. The Morgan fingerprint density at radius 3 is 2.20 bits per heavy atom. The van der Waals surface area contributed by atoms with Crippen LogP contribution in [0, 0.1) is 0 Å². The van der Waals surface area contributed by atoms with Crippen molar-refractivity contribution in [2.24, 2.45) is 0 Å². The van der Waals surface area contributed by atoms with Crippen molar-refractivity contribution < 1.29 is 4.79 Å². The van der Waals surface area contributed by atoms with Crippen LogP contribution < -0.4 is 5.43 Å². The average molecular weight is 141 g/mol. The third-order valence-corrected chi connectivity index (χ3v) is 1.81. The quantitative estimate of drug-likeness (QED) is 0.566. The molecule has 1 fully saturated rings. The monoisotopic (exact) mass is 141 g/mol. The molecule has 0 saturated carbocycles. The molecule has 10 heavy (non-hydrogen) atoms. The van der Waals surface area contributed by atoms with Crippen LogP contribution in [0.2, 0.25) is 0 Å². The zero-order valence-electron chi connectivity index (χ0n) is 6.10. The molecule has 3 heteroatoms. The van der Waals surface area contributed by atoms with Crippen molar-refractivity contribution in [1.29, 1.82) is 0 Å². The fourth-order valence-corrected chi connectivity index (χ4v) is 1.25. The summed E-state index contributed by atoms with van der Waals surface area (Å²) in [5.41, 5.74) is 2.55. The summed E-state index contributed by atoms with van der Waals surface area (Å²) in [6.07, 6.45) is 6.65. The first-order valence-electron chi connectivity index (χ1n) is 3.81. The number of hydrazine groups is 1. The van der Waals surface area contributed by atoms with Crippen molar-refractivity contribution in [3.8, 4) is 0 Å². The van der Waals surface area contributed by atoms with E-state index in [1.165, 1.54) is 25.7 Å². The minimum Gasteiger partial charge on any atom is -0.280 e. The standard InChI is InChI=1S/C7H13N2O/c10-7-8-9-5-3-1-2-4-6-9/h1-6H2,(H,8,10). The zero-order valence-corrected chi connectivity index (χ0v) is 6.10. The highest BCUT2D eigenvalue weighted by atomic mass is 16.1. The maximum absolute atomic E-state index is 9.91. The van der Waals surface area contributed by atoms with Crippen molar-refractivity contribution in [1.82, 2.24) is 10.4 Å². The van der Waals surface area contributed by atoms with Gasteiger partial charge in [0, 0.05) is 13.1 Å². The van der Waals surface area contributed by atoms with Gasteiger partial charge in [0.25, 0.3) is 0 Å². The van der Waals surface area contributed by atoms with Gasteiger partial charge in [0.2, 0.25) is 0 Å². The molecule has 1 amide bonds. The maximum atomic E-state index is 9.91. The van der Waals surface area contributed by atoms with Crippen molar-refractivity contribution >= 4 is 6.41 Å². The summed E-state index contributed by atoms with van der Waals surface area (Å²) in [6, 6.07) is 0. The summed E-state index contributed by atoms with van der Waals surface area (Å²) in [5.74, 6) is 0. The SMILES string of the molecule is O=[C]NN1CCCCCC1. The molecule has 57 valence electrons. The lowest BCUT2D eigenvalue weighted by molar-refractivity contribution is 0.240. The van der Waals surface area contributed by atoms with E-state index in [0.717, 1.165) is 13.1 Å². The van der Waals surface area contributed by atoms with Gasteiger partial charge in [0.15, 0.2) is 0 Å². The molecule has 0 aliphatic carbocycles. The normalized spacial score (nSPS) is 21.6. The Morgan fingerprint density at radius 1 is 1.10 bits per heavy atom. The number of carbonyl (C=O) groups excluding carboxylic acids is 1. The van der Waals surface area contributed by atoms with E-state index in [4.69, 9.17) is 0 Å². The molecule has 0 atom stereocenters. The predicted octanol–water partition coefficient (Wildman–Crippen LogP) is 0.434. The maximum Gasteiger partial charge on any atom is 0.324 e. The van der Waals surface area contributed by atoms with Crippen molar-refractivity contribution in [2.45, 2.75) is 25.7 Å². The van der Waals surface area contributed by atoms with Gasteiger partial charge in [0.1, 0.15) is 0 Å². The Kier molecular flexibility index (Phi) is 3.22. The van der Waals surface area contributed by atoms with E-state index in [9.17, 15) is 4.79 Å². The summed E-state index contributed by atoms with van der Waals surface area (Å²) >= 11 is 0. The highest BCUT2D eigenvalue weighted by molar-refractivity contribution is 5.46. The Balaban J connectivity index is 2.21. The molecular formula is C7H13N2O.